The fourth-order valence-electron chi connectivity index (χ4n) is 3.30. The summed E-state index contributed by atoms with van der Waals surface area (Å²) in [7, 11) is 0. The van der Waals surface area contributed by atoms with Gasteiger partial charge >= 0.3 is 0 Å². The van der Waals surface area contributed by atoms with Crippen molar-refractivity contribution in [3.63, 3.8) is 0 Å². The molecule has 0 spiro atoms. The average Bonchev–Trinajstić information content (AvgIpc) is 2.63. The van der Waals surface area contributed by atoms with Crippen LogP contribution in [0.5, 0.6) is 0 Å². The predicted octanol–water partition coefficient (Wildman–Crippen LogP) is 4.71. The minimum atomic E-state index is -0.470. The van der Waals surface area contributed by atoms with E-state index in [-0.39, 0.29) is 5.82 Å². The molecule has 1 aliphatic carbocycles. The van der Waals surface area contributed by atoms with Gasteiger partial charge in [-0.2, -0.15) is 0 Å². The molecule has 110 valence electrons. The maximum Gasteiger partial charge on any atom is 0.127 e. The maximum absolute atomic E-state index is 14.2. The van der Waals surface area contributed by atoms with Crippen molar-refractivity contribution < 1.29 is 4.39 Å². The van der Waals surface area contributed by atoms with Crippen LogP contribution in [-0.4, -0.2) is 0 Å². The number of benzene rings is 2. The Bertz CT molecular complexity index is 655. The molecule has 0 fully saturated rings. The first-order valence-electron chi connectivity index (χ1n) is 7.40. The lowest BCUT2D eigenvalue weighted by Crippen LogP contribution is -2.39. The number of fused-ring (bicyclic) bond motifs is 1. The molecule has 2 aromatic rings. The van der Waals surface area contributed by atoms with Crippen molar-refractivity contribution in [3.8, 4) is 0 Å². The van der Waals surface area contributed by atoms with Crippen molar-refractivity contribution in [3.05, 3.63) is 69.4 Å². The van der Waals surface area contributed by atoms with Crippen molar-refractivity contribution in [2.24, 2.45) is 5.73 Å². The highest BCUT2D eigenvalue weighted by Crippen LogP contribution is 2.35. The number of rotatable bonds is 2. The number of hydrogen-bond acceptors (Lipinski definition) is 1. The van der Waals surface area contributed by atoms with Gasteiger partial charge in [-0.3, -0.25) is 0 Å². The van der Waals surface area contributed by atoms with Crippen LogP contribution >= 0.6 is 15.9 Å². The van der Waals surface area contributed by atoms with Crippen LogP contribution in [0.3, 0.4) is 0 Å². The van der Waals surface area contributed by atoms with E-state index in [2.05, 4.69) is 34.1 Å². The van der Waals surface area contributed by atoms with Crippen molar-refractivity contribution in [2.45, 2.75) is 37.6 Å². The Kier molecular flexibility index (Phi) is 4.14. The second-order valence-corrected chi connectivity index (χ2v) is 6.85. The molecule has 0 heterocycles. The molecule has 1 nitrogen and oxygen atoms in total. The summed E-state index contributed by atoms with van der Waals surface area (Å²) in [6.07, 6.45) is 4.75. The normalized spacial score (nSPS) is 21.7. The summed E-state index contributed by atoms with van der Waals surface area (Å²) in [5.74, 6) is -0.184. The molecule has 0 aliphatic heterocycles. The maximum atomic E-state index is 14.2. The highest BCUT2D eigenvalue weighted by atomic mass is 79.9. The largest absolute Gasteiger partial charge is 0.321 e. The van der Waals surface area contributed by atoms with E-state index < -0.39 is 5.54 Å². The smallest absolute Gasteiger partial charge is 0.127 e. The van der Waals surface area contributed by atoms with Crippen LogP contribution in [0.25, 0.3) is 0 Å². The Morgan fingerprint density at radius 2 is 1.95 bits per heavy atom. The molecule has 3 heteroatoms. The minimum absolute atomic E-state index is 0.184. The molecular formula is C18H19BrFN. The molecule has 2 N–H and O–H groups in total. The summed E-state index contributed by atoms with van der Waals surface area (Å²) in [5, 5.41) is 0. The van der Waals surface area contributed by atoms with Gasteiger partial charge in [-0.25, -0.2) is 4.39 Å². The highest BCUT2D eigenvalue weighted by Gasteiger charge is 2.32. The number of hydrogen-bond donors (Lipinski definition) is 1. The summed E-state index contributed by atoms with van der Waals surface area (Å²) in [6, 6.07) is 13.6. The quantitative estimate of drug-likeness (QED) is 0.782. The van der Waals surface area contributed by atoms with Gasteiger partial charge in [0.25, 0.3) is 0 Å². The van der Waals surface area contributed by atoms with Crippen molar-refractivity contribution in [1.82, 2.24) is 0 Å². The Balaban J connectivity index is 2.00. The topological polar surface area (TPSA) is 26.0 Å². The van der Waals surface area contributed by atoms with Crippen LogP contribution in [-0.2, 0) is 18.4 Å². The molecule has 2 aromatic carbocycles. The molecule has 0 radical (unpaired) electrons. The van der Waals surface area contributed by atoms with E-state index in [1.165, 1.54) is 17.2 Å². The van der Waals surface area contributed by atoms with E-state index in [1.54, 1.807) is 0 Å². The van der Waals surface area contributed by atoms with E-state index in [1.807, 2.05) is 18.2 Å². The van der Waals surface area contributed by atoms with Crippen LogP contribution in [0.2, 0.25) is 0 Å². The van der Waals surface area contributed by atoms with E-state index >= 15 is 0 Å². The van der Waals surface area contributed by atoms with Gasteiger partial charge in [0.15, 0.2) is 0 Å². The monoisotopic (exact) mass is 347 g/mol. The SMILES string of the molecule is NC1(Cc2ccc(Br)cc2F)CCCCc2ccccc21. The third-order valence-corrected chi connectivity index (χ3v) is 4.89. The molecule has 1 unspecified atom stereocenters. The molecule has 0 saturated carbocycles. The first kappa shape index (κ1) is 14.7. The lowest BCUT2D eigenvalue weighted by atomic mass is 9.80. The number of nitrogens with two attached hydrogens (primary N) is 1. The van der Waals surface area contributed by atoms with Crippen LogP contribution in [0.1, 0.15) is 36.0 Å². The molecule has 1 atom stereocenters. The summed E-state index contributed by atoms with van der Waals surface area (Å²) in [5.41, 5.74) is 9.45. The van der Waals surface area contributed by atoms with Gasteiger partial charge in [-0.05, 0) is 54.5 Å². The minimum Gasteiger partial charge on any atom is -0.321 e. The number of aryl methyl sites for hydroxylation is 1. The molecule has 21 heavy (non-hydrogen) atoms. The van der Waals surface area contributed by atoms with Crippen LogP contribution < -0.4 is 5.73 Å². The molecular weight excluding hydrogens is 329 g/mol. The van der Waals surface area contributed by atoms with E-state index in [0.29, 0.717) is 12.0 Å². The fourth-order valence-corrected chi connectivity index (χ4v) is 3.64. The lowest BCUT2D eigenvalue weighted by molar-refractivity contribution is 0.392. The van der Waals surface area contributed by atoms with Gasteiger partial charge in [0, 0.05) is 10.0 Å². The molecule has 1 aliphatic rings. The fraction of sp³-hybridized carbons (Fsp3) is 0.333. The molecule has 0 bridgehead atoms. The second kappa shape index (κ2) is 5.90. The van der Waals surface area contributed by atoms with E-state index in [9.17, 15) is 4.39 Å². The predicted molar refractivity (Wildman–Crippen MR) is 87.7 cm³/mol. The van der Waals surface area contributed by atoms with Gasteiger partial charge < -0.3 is 5.73 Å². The van der Waals surface area contributed by atoms with Crippen molar-refractivity contribution in [1.29, 1.82) is 0 Å². The molecule has 0 amide bonds. The Hall–Kier alpha value is -1.19. The molecule has 0 saturated heterocycles. The average molecular weight is 348 g/mol. The van der Waals surface area contributed by atoms with Crippen molar-refractivity contribution >= 4 is 15.9 Å². The zero-order chi connectivity index (χ0) is 14.9. The standard InChI is InChI=1S/C18H19BrFN/c19-15-9-8-14(17(20)11-15)12-18(21)10-4-3-6-13-5-1-2-7-16(13)18/h1-2,5,7-9,11H,3-4,6,10,12,21H2. The summed E-state index contributed by atoms with van der Waals surface area (Å²) >= 11 is 3.30. The van der Waals surface area contributed by atoms with Crippen LogP contribution in [0.4, 0.5) is 4.39 Å². The lowest BCUT2D eigenvalue weighted by Gasteiger charge is -2.31. The van der Waals surface area contributed by atoms with E-state index in [0.717, 1.165) is 30.2 Å². The molecule has 3 rings (SSSR count). The summed E-state index contributed by atoms with van der Waals surface area (Å²) < 4.78 is 14.9. The van der Waals surface area contributed by atoms with Gasteiger partial charge in [-0.15, -0.1) is 0 Å². The zero-order valence-corrected chi connectivity index (χ0v) is 13.5. The first-order chi connectivity index (χ1) is 10.1. The zero-order valence-electron chi connectivity index (χ0n) is 11.9. The highest BCUT2D eigenvalue weighted by molar-refractivity contribution is 9.10. The summed E-state index contributed by atoms with van der Waals surface area (Å²) in [4.78, 5) is 0. The van der Waals surface area contributed by atoms with Crippen LogP contribution in [0, 0.1) is 5.82 Å². The van der Waals surface area contributed by atoms with Gasteiger partial charge in [0.05, 0.1) is 0 Å². The molecule has 0 aromatic heterocycles. The summed E-state index contributed by atoms with van der Waals surface area (Å²) in [6.45, 7) is 0. The third kappa shape index (κ3) is 3.04. The third-order valence-electron chi connectivity index (χ3n) is 4.39. The van der Waals surface area contributed by atoms with Gasteiger partial charge in [0.1, 0.15) is 5.82 Å². The Morgan fingerprint density at radius 1 is 1.14 bits per heavy atom. The van der Waals surface area contributed by atoms with Gasteiger partial charge in [-0.1, -0.05) is 52.7 Å². The first-order valence-corrected chi connectivity index (χ1v) is 8.19. The van der Waals surface area contributed by atoms with E-state index in [4.69, 9.17) is 5.73 Å². The van der Waals surface area contributed by atoms with Crippen molar-refractivity contribution in [2.75, 3.05) is 0 Å². The van der Waals surface area contributed by atoms with Crippen LogP contribution in [0.15, 0.2) is 46.9 Å². The number of halogens is 2. The Morgan fingerprint density at radius 3 is 2.76 bits per heavy atom. The second-order valence-electron chi connectivity index (χ2n) is 5.93. The van der Waals surface area contributed by atoms with Gasteiger partial charge in [0.2, 0.25) is 0 Å². The Labute approximate surface area is 133 Å².